The van der Waals surface area contributed by atoms with Gasteiger partial charge in [0.25, 0.3) is 0 Å². The fourth-order valence-electron chi connectivity index (χ4n) is 9.28. The topological polar surface area (TPSA) is 18.5 Å². The normalized spacial score (nSPS) is 46.7. The molecule has 0 saturated heterocycles. The third-order valence-corrected chi connectivity index (χ3v) is 12.4. The first-order chi connectivity index (χ1) is 14.2. The molecule has 3 unspecified atom stereocenters. The lowest BCUT2D eigenvalue weighted by Crippen LogP contribution is -2.55. The van der Waals surface area contributed by atoms with Gasteiger partial charge in [0.2, 0.25) is 0 Å². The zero-order valence-electron chi connectivity index (χ0n) is 22.2. The number of rotatable bonds is 5. The van der Waals surface area contributed by atoms with Gasteiger partial charge in [-0.2, -0.15) is 0 Å². The Morgan fingerprint density at radius 2 is 1.39 bits per heavy atom. The van der Waals surface area contributed by atoms with Crippen molar-refractivity contribution in [2.75, 3.05) is 0 Å². The molecule has 0 aromatic heterocycles. The molecule has 0 aromatic rings. The molecule has 31 heavy (non-hydrogen) atoms. The average molecular weight is 465 g/mol. The van der Waals surface area contributed by atoms with E-state index in [9.17, 15) is 0 Å². The molecule has 4 heteroatoms. The molecule has 2 nitrogen and oxygen atoms in total. The fraction of sp³-hybridized carbons (Fsp3) is 1.00. The molecule has 180 valence electrons. The van der Waals surface area contributed by atoms with E-state index in [-0.39, 0.29) is 0 Å². The lowest BCUT2D eigenvalue weighted by molar-refractivity contribution is -0.129. The maximum absolute atomic E-state index is 6.66. The Labute approximate surface area is 195 Å². The Hall–Kier alpha value is 0.354. The zero-order chi connectivity index (χ0) is 22.8. The molecule has 4 rings (SSSR count). The van der Waals surface area contributed by atoms with E-state index in [2.05, 4.69) is 60.1 Å². The molecule has 0 aromatic carbocycles. The molecule has 0 aliphatic heterocycles. The first-order valence-electron chi connectivity index (χ1n) is 13.6. The standard InChI is InChI=1S/C27H52O2Si2/c1-19(28-30(4,5)6)23-12-13-24-22-11-10-20-18-21(29-31(7,8)9)14-16-26(20,2)25(22)15-17-27(23,24)3/h19-25H,10-18H2,1-9H3/t19-,20-,21-,22?,23-,24?,25?,26+,27-/m1/s1. The van der Waals surface area contributed by atoms with Crippen LogP contribution in [0.2, 0.25) is 39.3 Å². The van der Waals surface area contributed by atoms with Gasteiger partial charge in [-0.1, -0.05) is 13.8 Å². The van der Waals surface area contributed by atoms with Gasteiger partial charge < -0.3 is 8.85 Å². The van der Waals surface area contributed by atoms with Gasteiger partial charge in [0.1, 0.15) is 0 Å². The van der Waals surface area contributed by atoms with Gasteiger partial charge in [-0.15, -0.1) is 0 Å². The predicted octanol–water partition coefficient (Wildman–Crippen LogP) is 8.11. The largest absolute Gasteiger partial charge is 0.415 e. The van der Waals surface area contributed by atoms with Crippen LogP contribution in [-0.2, 0) is 8.85 Å². The third-order valence-electron chi connectivity index (χ3n) is 10.3. The van der Waals surface area contributed by atoms with Crippen LogP contribution in [0.4, 0.5) is 0 Å². The van der Waals surface area contributed by atoms with Crippen molar-refractivity contribution in [1.29, 1.82) is 0 Å². The van der Waals surface area contributed by atoms with Crippen molar-refractivity contribution in [1.82, 2.24) is 0 Å². The highest BCUT2D eigenvalue weighted by Gasteiger charge is 2.61. The summed E-state index contributed by atoms with van der Waals surface area (Å²) in [4.78, 5) is 0. The molecule has 0 radical (unpaired) electrons. The number of hydrogen-bond donors (Lipinski definition) is 0. The van der Waals surface area contributed by atoms with Crippen molar-refractivity contribution in [2.24, 2.45) is 40.4 Å². The summed E-state index contributed by atoms with van der Waals surface area (Å²) in [6.45, 7) is 21.9. The van der Waals surface area contributed by atoms with Crippen molar-refractivity contribution in [3.8, 4) is 0 Å². The third kappa shape index (κ3) is 4.66. The Morgan fingerprint density at radius 1 is 0.742 bits per heavy atom. The summed E-state index contributed by atoms with van der Waals surface area (Å²) in [6.07, 6.45) is 13.8. The summed E-state index contributed by atoms with van der Waals surface area (Å²) in [5.41, 5.74) is 1.09. The molecular formula is C27H52O2Si2. The number of fused-ring (bicyclic) bond motifs is 5. The van der Waals surface area contributed by atoms with Gasteiger partial charge in [0.05, 0.1) is 0 Å². The van der Waals surface area contributed by atoms with Gasteiger partial charge in [-0.05, 0) is 144 Å². The summed E-state index contributed by atoms with van der Waals surface area (Å²) in [5, 5.41) is 0. The van der Waals surface area contributed by atoms with Crippen LogP contribution in [0.3, 0.4) is 0 Å². The predicted molar refractivity (Wildman–Crippen MR) is 137 cm³/mol. The number of hydrogen-bond acceptors (Lipinski definition) is 2. The molecule has 0 heterocycles. The smallest absolute Gasteiger partial charge is 0.184 e. The SMILES string of the molecule is C[C@@H](O[Si](C)(C)C)[C@H]1CCC2C3CC[C@@H]4C[C@H](O[Si](C)(C)C)CC[C@]4(C)C3CC[C@@]21C. The molecule has 0 N–H and O–H groups in total. The van der Waals surface area contributed by atoms with E-state index in [1.165, 1.54) is 57.8 Å². The molecule has 4 fully saturated rings. The minimum absolute atomic E-state index is 0.444. The van der Waals surface area contributed by atoms with Crippen LogP contribution in [0.1, 0.15) is 78.6 Å². The van der Waals surface area contributed by atoms with Crippen molar-refractivity contribution in [2.45, 2.75) is 130 Å². The highest BCUT2D eigenvalue weighted by molar-refractivity contribution is 6.70. The second kappa shape index (κ2) is 8.24. The van der Waals surface area contributed by atoms with E-state index >= 15 is 0 Å². The highest BCUT2D eigenvalue weighted by atomic mass is 28.4. The maximum atomic E-state index is 6.66. The first-order valence-corrected chi connectivity index (χ1v) is 20.4. The average Bonchev–Trinajstić information content (AvgIpc) is 2.97. The Bertz CT molecular complexity index is 653. The molecule has 0 spiro atoms. The lowest BCUT2D eigenvalue weighted by Gasteiger charge is -2.61. The first kappa shape index (κ1) is 24.5. The molecule has 4 aliphatic rings. The second-order valence-electron chi connectivity index (χ2n) is 14.4. The van der Waals surface area contributed by atoms with Crippen LogP contribution in [0.15, 0.2) is 0 Å². The van der Waals surface area contributed by atoms with Crippen molar-refractivity contribution in [3.63, 3.8) is 0 Å². The Balaban J connectivity index is 1.48. The minimum Gasteiger partial charge on any atom is -0.415 e. The van der Waals surface area contributed by atoms with Gasteiger partial charge in [0, 0.05) is 12.2 Å². The van der Waals surface area contributed by atoms with Crippen LogP contribution in [0, 0.1) is 40.4 Å². The van der Waals surface area contributed by atoms with E-state index in [1.54, 1.807) is 0 Å². The highest BCUT2D eigenvalue weighted by Crippen LogP contribution is 2.68. The summed E-state index contributed by atoms with van der Waals surface area (Å²) < 4.78 is 13.3. The van der Waals surface area contributed by atoms with Crippen molar-refractivity contribution in [3.05, 3.63) is 0 Å². The van der Waals surface area contributed by atoms with Gasteiger partial charge in [-0.25, -0.2) is 0 Å². The molecular weight excluding hydrogens is 412 g/mol. The molecule has 9 atom stereocenters. The van der Waals surface area contributed by atoms with Gasteiger partial charge in [-0.3, -0.25) is 0 Å². The van der Waals surface area contributed by atoms with Gasteiger partial charge in [0.15, 0.2) is 16.6 Å². The minimum atomic E-state index is -1.48. The summed E-state index contributed by atoms with van der Waals surface area (Å²) in [5.74, 6) is 4.55. The maximum Gasteiger partial charge on any atom is 0.184 e. The van der Waals surface area contributed by atoms with Crippen LogP contribution in [0.5, 0.6) is 0 Å². The van der Waals surface area contributed by atoms with Crippen LogP contribution < -0.4 is 0 Å². The molecule has 0 bridgehead atoms. The fourth-order valence-corrected chi connectivity index (χ4v) is 11.8. The van der Waals surface area contributed by atoms with E-state index in [4.69, 9.17) is 8.85 Å². The van der Waals surface area contributed by atoms with E-state index in [0.29, 0.717) is 23.0 Å². The molecule has 4 aliphatic carbocycles. The molecule has 4 saturated carbocycles. The molecule has 0 amide bonds. The zero-order valence-corrected chi connectivity index (χ0v) is 24.2. The quantitative estimate of drug-likeness (QED) is 0.382. The van der Waals surface area contributed by atoms with Crippen LogP contribution in [0.25, 0.3) is 0 Å². The van der Waals surface area contributed by atoms with E-state index < -0.39 is 16.6 Å². The summed E-state index contributed by atoms with van der Waals surface area (Å²) in [6, 6.07) is 0. The van der Waals surface area contributed by atoms with Crippen LogP contribution in [-0.4, -0.2) is 28.8 Å². The Kier molecular flexibility index (Phi) is 6.50. The van der Waals surface area contributed by atoms with E-state index in [1.807, 2.05) is 0 Å². The second-order valence-corrected chi connectivity index (χ2v) is 23.4. The Morgan fingerprint density at radius 3 is 2.03 bits per heavy atom. The lowest BCUT2D eigenvalue weighted by atomic mass is 9.44. The van der Waals surface area contributed by atoms with Gasteiger partial charge >= 0.3 is 0 Å². The summed E-state index contributed by atoms with van der Waals surface area (Å²) >= 11 is 0. The van der Waals surface area contributed by atoms with Crippen molar-refractivity contribution >= 4 is 16.6 Å². The van der Waals surface area contributed by atoms with E-state index in [0.717, 1.165) is 29.6 Å². The van der Waals surface area contributed by atoms with Crippen molar-refractivity contribution < 1.29 is 8.85 Å². The van der Waals surface area contributed by atoms with Crippen LogP contribution >= 0.6 is 0 Å². The monoisotopic (exact) mass is 464 g/mol. The summed E-state index contributed by atoms with van der Waals surface area (Å²) in [7, 11) is -2.91.